The molecule has 2 atom stereocenters. The Kier molecular flexibility index (Phi) is 4.25. The second-order valence-electron chi connectivity index (χ2n) is 3.12. The van der Waals surface area contributed by atoms with Crippen molar-refractivity contribution in [2.75, 3.05) is 0 Å². The van der Waals surface area contributed by atoms with Gasteiger partial charge >= 0.3 is 11.4 Å². The molecule has 0 aliphatic rings. The highest BCUT2D eigenvalue weighted by molar-refractivity contribution is 7.74. The van der Waals surface area contributed by atoms with Crippen LogP contribution in [0.4, 0.5) is 0 Å². The van der Waals surface area contributed by atoms with Gasteiger partial charge in [0.2, 0.25) is 0 Å². The Bertz CT molecular complexity index is 308. The maximum absolute atomic E-state index is 10.5. The SMILES string of the molecule is CCC(OS(=O)O)c1ccc(C)cc1. The van der Waals surface area contributed by atoms with Crippen LogP contribution in [0.3, 0.4) is 0 Å². The minimum Gasteiger partial charge on any atom is -0.284 e. The summed E-state index contributed by atoms with van der Waals surface area (Å²) in [5.41, 5.74) is 2.09. The molecule has 4 heteroatoms. The monoisotopic (exact) mass is 214 g/mol. The predicted molar refractivity (Wildman–Crippen MR) is 56.1 cm³/mol. The lowest BCUT2D eigenvalue weighted by molar-refractivity contribution is 0.203. The summed E-state index contributed by atoms with van der Waals surface area (Å²) < 4.78 is 24.0. The van der Waals surface area contributed by atoms with Crippen molar-refractivity contribution in [1.29, 1.82) is 0 Å². The van der Waals surface area contributed by atoms with Gasteiger partial charge in [-0.05, 0) is 18.9 Å². The summed E-state index contributed by atoms with van der Waals surface area (Å²) in [6, 6.07) is 7.75. The molecule has 0 aliphatic heterocycles. The summed E-state index contributed by atoms with van der Waals surface area (Å²) in [6.45, 7) is 3.91. The topological polar surface area (TPSA) is 46.5 Å². The van der Waals surface area contributed by atoms with Crippen LogP contribution < -0.4 is 0 Å². The highest BCUT2D eigenvalue weighted by Crippen LogP contribution is 2.21. The van der Waals surface area contributed by atoms with Gasteiger partial charge in [0, 0.05) is 0 Å². The average molecular weight is 214 g/mol. The molecule has 78 valence electrons. The summed E-state index contributed by atoms with van der Waals surface area (Å²) in [5.74, 6) is 0. The standard InChI is InChI=1S/C10H14O3S/c1-3-10(13-14(11)12)9-6-4-8(2)5-7-9/h4-7,10H,3H2,1-2H3,(H,11,12). The number of hydrogen-bond acceptors (Lipinski definition) is 2. The molecule has 0 aromatic heterocycles. The van der Waals surface area contributed by atoms with E-state index in [1.807, 2.05) is 38.1 Å². The van der Waals surface area contributed by atoms with E-state index in [1.165, 1.54) is 0 Å². The van der Waals surface area contributed by atoms with E-state index in [1.54, 1.807) is 0 Å². The van der Waals surface area contributed by atoms with Crippen LogP contribution in [-0.2, 0) is 15.5 Å². The smallest absolute Gasteiger partial charge is 0.284 e. The van der Waals surface area contributed by atoms with Gasteiger partial charge in [0.25, 0.3) is 0 Å². The quantitative estimate of drug-likeness (QED) is 0.784. The zero-order valence-corrected chi connectivity index (χ0v) is 9.08. The first-order chi connectivity index (χ1) is 6.63. The van der Waals surface area contributed by atoms with Crippen molar-refractivity contribution in [1.82, 2.24) is 0 Å². The van der Waals surface area contributed by atoms with Crippen LogP contribution in [0.25, 0.3) is 0 Å². The Morgan fingerprint density at radius 1 is 1.43 bits per heavy atom. The van der Waals surface area contributed by atoms with Crippen LogP contribution in [0.5, 0.6) is 0 Å². The molecule has 14 heavy (non-hydrogen) atoms. The van der Waals surface area contributed by atoms with Gasteiger partial charge in [0.15, 0.2) is 0 Å². The van der Waals surface area contributed by atoms with E-state index in [0.717, 1.165) is 11.1 Å². The predicted octanol–water partition coefficient (Wildman–Crippen LogP) is 2.60. The lowest BCUT2D eigenvalue weighted by atomic mass is 10.1. The van der Waals surface area contributed by atoms with Gasteiger partial charge < -0.3 is 0 Å². The molecule has 0 saturated carbocycles. The highest BCUT2D eigenvalue weighted by atomic mass is 32.2. The van der Waals surface area contributed by atoms with Crippen molar-refractivity contribution < 1.29 is 12.9 Å². The molecular weight excluding hydrogens is 200 g/mol. The number of benzene rings is 1. The van der Waals surface area contributed by atoms with E-state index in [2.05, 4.69) is 0 Å². The molecule has 1 rings (SSSR count). The van der Waals surface area contributed by atoms with Crippen LogP contribution in [0.1, 0.15) is 30.6 Å². The van der Waals surface area contributed by atoms with Crippen molar-refractivity contribution >= 4 is 11.4 Å². The fourth-order valence-electron chi connectivity index (χ4n) is 1.24. The second kappa shape index (κ2) is 5.24. The summed E-state index contributed by atoms with van der Waals surface area (Å²) in [6.07, 6.45) is 0.372. The van der Waals surface area contributed by atoms with E-state index in [0.29, 0.717) is 6.42 Å². The van der Waals surface area contributed by atoms with Crippen LogP contribution in [0.15, 0.2) is 24.3 Å². The Morgan fingerprint density at radius 3 is 2.43 bits per heavy atom. The number of rotatable bonds is 4. The first-order valence-corrected chi connectivity index (χ1v) is 5.51. The molecule has 0 radical (unpaired) electrons. The Morgan fingerprint density at radius 2 is 2.00 bits per heavy atom. The third kappa shape index (κ3) is 3.21. The first kappa shape index (κ1) is 11.4. The van der Waals surface area contributed by atoms with E-state index in [9.17, 15) is 4.21 Å². The summed E-state index contributed by atoms with van der Waals surface area (Å²) in [4.78, 5) is 0. The maximum Gasteiger partial charge on any atom is 0.302 e. The van der Waals surface area contributed by atoms with Crippen molar-refractivity contribution in [2.24, 2.45) is 0 Å². The van der Waals surface area contributed by atoms with Gasteiger partial charge in [0.1, 0.15) is 6.10 Å². The first-order valence-electron chi connectivity index (χ1n) is 4.48. The Hall–Kier alpha value is -0.710. The van der Waals surface area contributed by atoms with Gasteiger partial charge in [-0.2, -0.15) is 4.21 Å². The Labute approximate surface area is 86.6 Å². The van der Waals surface area contributed by atoms with Gasteiger partial charge in [-0.25, -0.2) is 0 Å². The van der Waals surface area contributed by atoms with Gasteiger partial charge in [-0.3, -0.25) is 8.74 Å². The molecule has 0 amide bonds. The fraction of sp³-hybridized carbons (Fsp3) is 0.400. The van der Waals surface area contributed by atoms with Crippen LogP contribution in [-0.4, -0.2) is 8.76 Å². The Balaban J connectivity index is 2.78. The van der Waals surface area contributed by atoms with Crippen molar-refractivity contribution in [3.8, 4) is 0 Å². The van der Waals surface area contributed by atoms with Gasteiger partial charge in [0.05, 0.1) is 0 Å². The molecular formula is C10H14O3S. The summed E-state index contributed by atoms with van der Waals surface area (Å²) in [7, 11) is 0. The van der Waals surface area contributed by atoms with E-state index >= 15 is 0 Å². The molecule has 1 aromatic rings. The maximum atomic E-state index is 10.5. The van der Waals surface area contributed by atoms with Gasteiger partial charge in [-0.1, -0.05) is 36.8 Å². The molecule has 0 bridgehead atoms. The minimum atomic E-state index is -2.20. The van der Waals surface area contributed by atoms with E-state index < -0.39 is 11.4 Å². The molecule has 0 spiro atoms. The minimum absolute atomic E-state index is 0.304. The molecule has 2 unspecified atom stereocenters. The molecule has 3 nitrogen and oxygen atoms in total. The third-order valence-electron chi connectivity index (χ3n) is 2.02. The normalized spacial score (nSPS) is 15.1. The molecule has 0 fully saturated rings. The largest absolute Gasteiger partial charge is 0.302 e. The number of hydrogen-bond donors (Lipinski definition) is 1. The van der Waals surface area contributed by atoms with Gasteiger partial charge in [-0.15, -0.1) is 0 Å². The van der Waals surface area contributed by atoms with Crippen molar-refractivity contribution in [3.05, 3.63) is 35.4 Å². The van der Waals surface area contributed by atoms with Crippen molar-refractivity contribution in [2.45, 2.75) is 26.4 Å². The van der Waals surface area contributed by atoms with Crippen molar-refractivity contribution in [3.63, 3.8) is 0 Å². The molecule has 1 aromatic carbocycles. The zero-order chi connectivity index (χ0) is 10.6. The second-order valence-corrected chi connectivity index (χ2v) is 3.75. The molecule has 1 N–H and O–H groups in total. The zero-order valence-electron chi connectivity index (χ0n) is 8.27. The molecule has 0 saturated heterocycles. The molecule has 0 aliphatic carbocycles. The van der Waals surface area contributed by atoms with Crippen LogP contribution in [0, 0.1) is 6.92 Å². The summed E-state index contributed by atoms with van der Waals surface area (Å²) in [5, 5.41) is 0. The average Bonchev–Trinajstić information content (AvgIpc) is 2.15. The lowest BCUT2D eigenvalue weighted by Gasteiger charge is -2.12. The van der Waals surface area contributed by atoms with E-state index in [-0.39, 0.29) is 6.10 Å². The molecule has 0 heterocycles. The summed E-state index contributed by atoms with van der Waals surface area (Å²) >= 11 is -2.20. The lowest BCUT2D eigenvalue weighted by Crippen LogP contribution is -2.05. The van der Waals surface area contributed by atoms with Crippen LogP contribution >= 0.6 is 0 Å². The third-order valence-corrected chi connectivity index (χ3v) is 2.42. The fourth-order valence-corrected chi connectivity index (χ4v) is 1.69. The van der Waals surface area contributed by atoms with E-state index in [4.69, 9.17) is 8.74 Å². The van der Waals surface area contributed by atoms with Crippen LogP contribution in [0.2, 0.25) is 0 Å². The number of aryl methyl sites for hydroxylation is 1. The highest BCUT2D eigenvalue weighted by Gasteiger charge is 2.12.